The van der Waals surface area contributed by atoms with E-state index in [1.54, 1.807) is 23.1 Å². The number of aryl methyl sites for hydroxylation is 1. The van der Waals surface area contributed by atoms with Crippen LogP contribution in [0.4, 0.5) is 5.69 Å². The van der Waals surface area contributed by atoms with Gasteiger partial charge in [-0.1, -0.05) is 30.3 Å². The molecule has 0 fully saturated rings. The number of nitrogens with two attached hydrogens (primary N) is 1. The third kappa shape index (κ3) is 2.93. The number of rotatable bonds is 3. The van der Waals surface area contributed by atoms with Gasteiger partial charge in [0.25, 0.3) is 11.8 Å². The van der Waals surface area contributed by atoms with E-state index in [1.165, 1.54) is 11.3 Å². The molecule has 4 aromatic rings. The molecule has 0 spiro atoms. The SMILES string of the molecule is Cc1nn(-c2ccccc2)c2sc(C(=O)N3CC(C(N)=O)Oc4ccccc43)cc12. The Morgan fingerprint density at radius 3 is 2.63 bits per heavy atom. The third-order valence-corrected chi connectivity index (χ3v) is 6.19. The standard InChI is InChI=1S/C22H18N4O3S/c1-13-15-11-19(30-22(15)26(24-13)14-7-3-2-4-8-14)21(28)25-12-18(20(23)27)29-17-10-6-5-9-16(17)25/h2-11,18H,12H2,1H3,(H2,23,27). The molecule has 0 saturated carbocycles. The van der Waals surface area contributed by atoms with Gasteiger partial charge in [0, 0.05) is 5.39 Å². The Labute approximate surface area is 176 Å². The highest BCUT2D eigenvalue weighted by Gasteiger charge is 2.34. The van der Waals surface area contributed by atoms with Crippen LogP contribution in [0.15, 0.2) is 60.7 Å². The van der Waals surface area contributed by atoms with Crippen LogP contribution >= 0.6 is 11.3 Å². The normalized spacial score (nSPS) is 15.6. The lowest BCUT2D eigenvalue weighted by molar-refractivity contribution is -0.124. The number of primary amides is 1. The summed E-state index contributed by atoms with van der Waals surface area (Å²) in [5.41, 5.74) is 7.87. The molecule has 1 aliphatic heterocycles. The molecule has 1 atom stereocenters. The highest BCUT2D eigenvalue weighted by molar-refractivity contribution is 7.20. The fraction of sp³-hybridized carbons (Fsp3) is 0.136. The van der Waals surface area contributed by atoms with Crippen LogP contribution in [0.2, 0.25) is 0 Å². The summed E-state index contributed by atoms with van der Waals surface area (Å²) in [6.07, 6.45) is -0.889. The van der Waals surface area contributed by atoms with Crippen molar-refractivity contribution in [2.45, 2.75) is 13.0 Å². The van der Waals surface area contributed by atoms with Gasteiger partial charge in [-0.15, -0.1) is 11.3 Å². The van der Waals surface area contributed by atoms with E-state index in [2.05, 4.69) is 5.10 Å². The largest absolute Gasteiger partial charge is 0.477 e. The Morgan fingerprint density at radius 1 is 1.13 bits per heavy atom. The number of thiophene rings is 1. The first-order valence-electron chi connectivity index (χ1n) is 9.44. The molecule has 150 valence electrons. The number of benzene rings is 2. The molecule has 0 saturated heterocycles. The Kier molecular flexibility index (Phi) is 4.29. The van der Waals surface area contributed by atoms with Crippen molar-refractivity contribution in [2.75, 3.05) is 11.4 Å². The van der Waals surface area contributed by atoms with Crippen LogP contribution in [-0.2, 0) is 4.79 Å². The van der Waals surface area contributed by atoms with Crippen molar-refractivity contribution in [2.24, 2.45) is 5.73 Å². The Bertz CT molecular complexity index is 1280. The average molecular weight is 418 g/mol. The van der Waals surface area contributed by atoms with E-state index in [-0.39, 0.29) is 12.5 Å². The molecule has 0 bridgehead atoms. The summed E-state index contributed by atoms with van der Waals surface area (Å²) in [6, 6.07) is 18.8. The van der Waals surface area contributed by atoms with Gasteiger partial charge >= 0.3 is 0 Å². The van der Waals surface area contributed by atoms with Gasteiger partial charge in [0.2, 0.25) is 0 Å². The van der Waals surface area contributed by atoms with E-state index in [4.69, 9.17) is 10.5 Å². The number of para-hydroxylation sites is 3. The zero-order chi connectivity index (χ0) is 20.8. The van der Waals surface area contributed by atoms with Crippen molar-refractivity contribution in [3.63, 3.8) is 0 Å². The van der Waals surface area contributed by atoms with Gasteiger partial charge in [-0.25, -0.2) is 4.68 Å². The van der Waals surface area contributed by atoms with Crippen molar-refractivity contribution in [1.82, 2.24) is 9.78 Å². The second kappa shape index (κ2) is 7.00. The van der Waals surface area contributed by atoms with E-state index in [0.717, 1.165) is 21.6 Å². The Morgan fingerprint density at radius 2 is 1.87 bits per heavy atom. The monoisotopic (exact) mass is 418 g/mol. The molecule has 7 nitrogen and oxygen atoms in total. The van der Waals surface area contributed by atoms with Crippen molar-refractivity contribution in [3.8, 4) is 11.4 Å². The van der Waals surface area contributed by atoms with Gasteiger partial charge in [-0.2, -0.15) is 5.10 Å². The molecule has 3 heterocycles. The van der Waals surface area contributed by atoms with Crippen molar-refractivity contribution >= 4 is 39.1 Å². The van der Waals surface area contributed by atoms with Crippen molar-refractivity contribution in [1.29, 1.82) is 0 Å². The fourth-order valence-electron chi connectivity index (χ4n) is 3.60. The van der Waals surface area contributed by atoms with Crippen LogP contribution in [0.1, 0.15) is 15.4 Å². The average Bonchev–Trinajstić information content (AvgIpc) is 3.33. The van der Waals surface area contributed by atoms with Crippen LogP contribution < -0.4 is 15.4 Å². The number of carbonyl (C=O) groups excluding carboxylic acids is 2. The van der Waals surface area contributed by atoms with Gasteiger partial charge < -0.3 is 10.5 Å². The molecular formula is C22H18N4O3S. The molecule has 2 aromatic carbocycles. The maximum atomic E-state index is 13.5. The van der Waals surface area contributed by atoms with Crippen LogP contribution in [0.3, 0.4) is 0 Å². The summed E-state index contributed by atoms with van der Waals surface area (Å²) in [4.78, 5) is 28.2. The first-order chi connectivity index (χ1) is 14.5. The topological polar surface area (TPSA) is 90.5 Å². The van der Waals surface area contributed by atoms with E-state index >= 15 is 0 Å². The molecule has 0 radical (unpaired) electrons. The summed E-state index contributed by atoms with van der Waals surface area (Å²) in [6.45, 7) is 2.00. The second-order valence-corrected chi connectivity index (χ2v) is 8.09. The minimum Gasteiger partial charge on any atom is -0.477 e. The predicted molar refractivity (Wildman–Crippen MR) is 115 cm³/mol. The first-order valence-corrected chi connectivity index (χ1v) is 10.3. The summed E-state index contributed by atoms with van der Waals surface area (Å²) in [5, 5.41) is 5.56. The molecular weight excluding hydrogens is 400 g/mol. The molecule has 8 heteroatoms. The molecule has 5 rings (SSSR count). The number of hydrogen-bond acceptors (Lipinski definition) is 5. The number of fused-ring (bicyclic) bond motifs is 2. The summed E-state index contributed by atoms with van der Waals surface area (Å²) in [5.74, 6) is -0.333. The molecule has 30 heavy (non-hydrogen) atoms. The smallest absolute Gasteiger partial charge is 0.268 e. The quantitative estimate of drug-likeness (QED) is 0.553. The van der Waals surface area contributed by atoms with Gasteiger partial charge in [0.1, 0.15) is 10.6 Å². The Balaban J connectivity index is 1.58. The van der Waals surface area contributed by atoms with E-state index in [0.29, 0.717) is 16.3 Å². The number of ether oxygens (including phenoxy) is 1. The minimum absolute atomic E-state index is 0.0726. The maximum absolute atomic E-state index is 13.5. The van der Waals surface area contributed by atoms with Crippen LogP contribution in [0, 0.1) is 6.92 Å². The predicted octanol–water partition coefficient (Wildman–Crippen LogP) is 3.29. The van der Waals surface area contributed by atoms with E-state index in [9.17, 15) is 9.59 Å². The van der Waals surface area contributed by atoms with Crippen LogP contribution in [-0.4, -0.2) is 34.2 Å². The van der Waals surface area contributed by atoms with Gasteiger partial charge in [-0.05, 0) is 37.3 Å². The van der Waals surface area contributed by atoms with Crippen LogP contribution in [0.5, 0.6) is 5.75 Å². The van der Waals surface area contributed by atoms with Crippen LogP contribution in [0.25, 0.3) is 15.9 Å². The van der Waals surface area contributed by atoms with E-state index < -0.39 is 12.0 Å². The number of aromatic nitrogens is 2. The molecule has 2 aromatic heterocycles. The summed E-state index contributed by atoms with van der Waals surface area (Å²) < 4.78 is 7.52. The molecule has 2 N–H and O–H groups in total. The number of anilines is 1. The molecule has 1 aliphatic rings. The van der Waals surface area contributed by atoms with Crippen molar-refractivity contribution in [3.05, 3.63) is 71.2 Å². The second-order valence-electron chi connectivity index (χ2n) is 7.05. The zero-order valence-corrected chi connectivity index (χ0v) is 16.9. The highest BCUT2D eigenvalue weighted by Crippen LogP contribution is 2.36. The number of amides is 2. The maximum Gasteiger partial charge on any atom is 0.268 e. The lowest BCUT2D eigenvalue weighted by Gasteiger charge is -2.33. The van der Waals surface area contributed by atoms with Gasteiger partial charge in [0.05, 0.1) is 28.5 Å². The number of nitrogens with zero attached hydrogens (tertiary/aromatic N) is 3. The first kappa shape index (κ1) is 18.4. The summed E-state index contributed by atoms with van der Waals surface area (Å²) >= 11 is 1.38. The lowest BCUT2D eigenvalue weighted by Crippen LogP contribution is -2.49. The van der Waals surface area contributed by atoms with Gasteiger partial charge in [-0.3, -0.25) is 14.5 Å². The van der Waals surface area contributed by atoms with E-state index in [1.807, 2.05) is 54.1 Å². The third-order valence-electron chi connectivity index (χ3n) is 5.09. The molecule has 0 aliphatic carbocycles. The fourth-order valence-corrected chi connectivity index (χ4v) is 4.74. The summed E-state index contributed by atoms with van der Waals surface area (Å²) in [7, 11) is 0. The Hall–Kier alpha value is -3.65. The number of carbonyl (C=O) groups is 2. The molecule has 2 amide bonds. The highest BCUT2D eigenvalue weighted by atomic mass is 32.1. The lowest BCUT2D eigenvalue weighted by atomic mass is 10.1. The minimum atomic E-state index is -0.889. The molecule has 1 unspecified atom stereocenters. The van der Waals surface area contributed by atoms with Crippen molar-refractivity contribution < 1.29 is 14.3 Å². The zero-order valence-electron chi connectivity index (χ0n) is 16.1. The van der Waals surface area contributed by atoms with Gasteiger partial charge in [0.15, 0.2) is 6.10 Å². The number of hydrogen-bond donors (Lipinski definition) is 1.